The van der Waals surface area contributed by atoms with Gasteiger partial charge in [0.25, 0.3) is 0 Å². The number of fused-ring (bicyclic) bond motifs is 1. The number of thiophene rings is 1. The van der Waals surface area contributed by atoms with Gasteiger partial charge in [-0.25, -0.2) is 9.97 Å². The molecule has 4 heteroatoms. The van der Waals surface area contributed by atoms with Crippen LogP contribution in [-0.2, 0) is 0 Å². The summed E-state index contributed by atoms with van der Waals surface area (Å²) in [4.78, 5) is 10.0. The number of rotatable bonds is 2. The zero-order chi connectivity index (χ0) is 10.8. The van der Waals surface area contributed by atoms with Crippen LogP contribution in [-0.4, -0.2) is 9.97 Å². The fourth-order valence-corrected chi connectivity index (χ4v) is 2.98. The first kappa shape index (κ1) is 9.81. The van der Waals surface area contributed by atoms with Gasteiger partial charge in [-0.1, -0.05) is 18.2 Å². The lowest BCUT2D eigenvalue weighted by atomic mass is 10.2. The molecular weight excluding hydrogens is 236 g/mol. The first-order valence-corrected chi connectivity index (χ1v) is 6.59. The second kappa shape index (κ2) is 4.23. The molecule has 0 fully saturated rings. The lowest BCUT2D eigenvalue weighted by Crippen LogP contribution is -1.86. The monoisotopic (exact) mass is 244 g/mol. The van der Waals surface area contributed by atoms with Gasteiger partial charge >= 0.3 is 0 Å². The van der Waals surface area contributed by atoms with E-state index in [1.165, 1.54) is 4.90 Å². The van der Waals surface area contributed by atoms with Crippen molar-refractivity contribution in [2.75, 3.05) is 0 Å². The molecule has 3 rings (SSSR count). The Morgan fingerprint density at radius 3 is 2.94 bits per heavy atom. The maximum atomic E-state index is 4.51. The second-order valence-corrected chi connectivity index (χ2v) is 5.09. The predicted octanol–water partition coefficient (Wildman–Crippen LogP) is 3.84. The highest BCUT2D eigenvalue weighted by molar-refractivity contribution is 7.99. The molecule has 0 amide bonds. The quantitative estimate of drug-likeness (QED) is 0.640. The molecule has 0 bridgehead atoms. The molecule has 0 saturated carbocycles. The van der Waals surface area contributed by atoms with Gasteiger partial charge in [0, 0.05) is 21.9 Å². The molecule has 2 heterocycles. The van der Waals surface area contributed by atoms with E-state index in [1.807, 2.05) is 30.5 Å². The van der Waals surface area contributed by atoms with Crippen molar-refractivity contribution in [1.82, 2.24) is 9.97 Å². The van der Waals surface area contributed by atoms with Crippen molar-refractivity contribution in [3.63, 3.8) is 0 Å². The molecule has 0 aliphatic heterocycles. The Morgan fingerprint density at radius 2 is 2.06 bits per heavy atom. The molecule has 0 N–H and O–H groups in total. The Kier molecular flexibility index (Phi) is 2.60. The summed E-state index contributed by atoms with van der Waals surface area (Å²) in [5, 5.41) is 6.04. The molecule has 0 saturated heterocycles. The molecule has 2 aromatic heterocycles. The maximum Gasteiger partial charge on any atom is 0.193 e. The third-order valence-corrected chi connectivity index (χ3v) is 3.87. The number of hydrogen-bond acceptors (Lipinski definition) is 4. The Morgan fingerprint density at radius 1 is 1.12 bits per heavy atom. The van der Waals surface area contributed by atoms with Crippen LogP contribution >= 0.6 is 23.1 Å². The highest BCUT2D eigenvalue weighted by Gasteiger charge is 2.02. The van der Waals surface area contributed by atoms with Crippen LogP contribution in [0.25, 0.3) is 10.9 Å². The first-order chi connectivity index (χ1) is 7.92. The minimum absolute atomic E-state index is 0.803. The maximum absolute atomic E-state index is 4.51. The molecule has 0 aliphatic rings. The standard InChI is InChI=1S/C12H8N2S2/c1-2-4-11-9(3-1)7-13-12(14-11)16-10-5-6-15-8-10/h1-8H. The fourth-order valence-electron chi connectivity index (χ4n) is 1.42. The van der Waals surface area contributed by atoms with E-state index < -0.39 is 0 Å². The fraction of sp³-hybridized carbons (Fsp3) is 0. The summed E-state index contributed by atoms with van der Waals surface area (Å²) >= 11 is 3.28. The van der Waals surface area contributed by atoms with Crippen molar-refractivity contribution >= 4 is 34.0 Å². The molecular formula is C12H8N2S2. The average Bonchev–Trinajstić information content (AvgIpc) is 2.82. The summed E-state index contributed by atoms with van der Waals surface area (Å²) in [6.07, 6.45) is 1.87. The van der Waals surface area contributed by atoms with Gasteiger partial charge in [0.2, 0.25) is 0 Å². The zero-order valence-corrected chi connectivity index (χ0v) is 9.96. The van der Waals surface area contributed by atoms with Crippen LogP contribution in [0.3, 0.4) is 0 Å². The van der Waals surface area contributed by atoms with Crippen molar-refractivity contribution in [2.45, 2.75) is 10.1 Å². The van der Waals surface area contributed by atoms with Gasteiger partial charge in [0.05, 0.1) is 5.52 Å². The third-order valence-electron chi connectivity index (χ3n) is 2.17. The van der Waals surface area contributed by atoms with Crippen molar-refractivity contribution in [1.29, 1.82) is 0 Å². The van der Waals surface area contributed by atoms with Gasteiger partial charge in [0.15, 0.2) is 5.16 Å². The van der Waals surface area contributed by atoms with Crippen LogP contribution < -0.4 is 0 Å². The SMILES string of the molecule is c1ccc2nc(Sc3ccsc3)ncc2c1. The highest BCUT2D eigenvalue weighted by atomic mass is 32.2. The molecule has 0 atom stereocenters. The number of aromatic nitrogens is 2. The Labute approximate surface area is 101 Å². The summed E-state index contributed by atoms with van der Waals surface area (Å²) in [5.41, 5.74) is 0.996. The van der Waals surface area contributed by atoms with Crippen LogP contribution in [0.15, 0.2) is 57.3 Å². The van der Waals surface area contributed by atoms with Gasteiger partial charge in [-0.05, 0) is 29.3 Å². The molecule has 3 aromatic rings. The minimum atomic E-state index is 0.803. The Bertz CT molecular complexity index is 605. The predicted molar refractivity (Wildman–Crippen MR) is 68.0 cm³/mol. The van der Waals surface area contributed by atoms with Crippen molar-refractivity contribution in [3.8, 4) is 0 Å². The van der Waals surface area contributed by atoms with Crippen LogP contribution in [0.1, 0.15) is 0 Å². The van der Waals surface area contributed by atoms with E-state index in [9.17, 15) is 0 Å². The van der Waals surface area contributed by atoms with Gasteiger partial charge in [-0.2, -0.15) is 11.3 Å². The van der Waals surface area contributed by atoms with E-state index >= 15 is 0 Å². The normalized spacial score (nSPS) is 10.8. The Hall–Kier alpha value is -1.39. The van der Waals surface area contributed by atoms with Gasteiger partial charge in [-0.3, -0.25) is 0 Å². The summed E-state index contributed by atoms with van der Waals surface area (Å²) in [6, 6.07) is 10.1. The van der Waals surface area contributed by atoms with E-state index in [4.69, 9.17) is 0 Å². The van der Waals surface area contributed by atoms with E-state index in [-0.39, 0.29) is 0 Å². The van der Waals surface area contributed by atoms with Crippen molar-refractivity contribution in [3.05, 3.63) is 47.3 Å². The third kappa shape index (κ3) is 1.94. The van der Waals surface area contributed by atoms with Crippen LogP contribution in [0.2, 0.25) is 0 Å². The zero-order valence-electron chi connectivity index (χ0n) is 8.33. The Balaban J connectivity index is 1.99. The van der Waals surface area contributed by atoms with Crippen molar-refractivity contribution < 1.29 is 0 Å². The van der Waals surface area contributed by atoms with E-state index in [1.54, 1.807) is 23.1 Å². The number of nitrogens with zero attached hydrogens (tertiary/aromatic N) is 2. The molecule has 0 spiro atoms. The van der Waals surface area contributed by atoms with E-state index in [0.717, 1.165) is 16.1 Å². The van der Waals surface area contributed by atoms with Crippen molar-refractivity contribution in [2.24, 2.45) is 0 Å². The number of hydrogen-bond donors (Lipinski definition) is 0. The topological polar surface area (TPSA) is 25.8 Å². The lowest BCUT2D eigenvalue weighted by molar-refractivity contribution is 1.00. The lowest BCUT2D eigenvalue weighted by Gasteiger charge is -1.99. The summed E-state index contributed by atoms with van der Waals surface area (Å²) < 4.78 is 0. The molecule has 1 aromatic carbocycles. The van der Waals surface area contributed by atoms with E-state index in [0.29, 0.717) is 0 Å². The molecule has 0 unspecified atom stereocenters. The molecule has 2 nitrogen and oxygen atoms in total. The molecule has 16 heavy (non-hydrogen) atoms. The molecule has 0 aliphatic carbocycles. The number of para-hydroxylation sites is 1. The summed E-state index contributed by atoms with van der Waals surface area (Å²) in [6.45, 7) is 0. The van der Waals surface area contributed by atoms with Gasteiger partial charge in [-0.15, -0.1) is 0 Å². The second-order valence-electron chi connectivity index (χ2n) is 3.27. The average molecular weight is 244 g/mol. The molecule has 0 radical (unpaired) electrons. The van der Waals surface area contributed by atoms with Crippen LogP contribution in [0, 0.1) is 0 Å². The largest absolute Gasteiger partial charge is 0.230 e. The van der Waals surface area contributed by atoms with Gasteiger partial charge < -0.3 is 0 Å². The minimum Gasteiger partial charge on any atom is -0.230 e. The van der Waals surface area contributed by atoms with Gasteiger partial charge in [0.1, 0.15) is 0 Å². The summed E-state index contributed by atoms with van der Waals surface area (Å²) in [5.74, 6) is 0. The molecule has 78 valence electrons. The summed E-state index contributed by atoms with van der Waals surface area (Å²) in [7, 11) is 0. The van der Waals surface area contributed by atoms with E-state index in [2.05, 4.69) is 26.8 Å². The van der Waals surface area contributed by atoms with Crippen LogP contribution in [0.4, 0.5) is 0 Å². The van der Waals surface area contributed by atoms with Crippen LogP contribution in [0.5, 0.6) is 0 Å². The first-order valence-electron chi connectivity index (χ1n) is 4.84. The smallest absolute Gasteiger partial charge is 0.193 e. The number of benzene rings is 1. The highest BCUT2D eigenvalue weighted by Crippen LogP contribution is 2.27.